The lowest BCUT2D eigenvalue weighted by Crippen LogP contribution is -2.35. The minimum Gasteiger partial charge on any atom is -0.313 e. The van der Waals surface area contributed by atoms with Crippen molar-refractivity contribution in [2.24, 2.45) is 0 Å². The number of thioether (sulfide) groups is 1. The van der Waals surface area contributed by atoms with Gasteiger partial charge in [0.05, 0.1) is 0 Å². The lowest BCUT2D eigenvalue weighted by molar-refractivity contribution is 0.430. The minimum absolute atomic E-state index is 0.725. The Morgan fingerprint density at radius 2 is 2.20 bits per heavy atom. The fraction of sp³-hybridized carbons (Fsp3) is 0.538. The first-order valence-corrected chi connectivity index (χ1v) is 6.76. The maximum absolute atomic E-state index is 3.59. The molecule has 1 atom stereocenters. The summed E-state index contributed by atoms with van der Waals surface area (Å²) in [6.45, 7) is 3.40. The van der Waals surface area contributed by atoms with Crippen LogP contribution in [-0.2, 0) is 0 Å². The van der Waals surface area contributed by atoms with Crippen molar-refractivity contribution in [3.8, 4) is 0 Å². The van der Waals surface area contributed by atoms with Gasteiger partial charge in [0.1, 0.15) is 0 Å². The van der Waals surface area contributed by atoms with Gasteiger partial charge in [0.2, 0.25) is 0 Å². The molecule has 82 valence electrons. The van der Waals surface area contributed by atoms with Crippen molar-refractivity contribution in [2.75, 3.05) is 12.3 Å². The molecule has 1 aromatic rings. The standard InChI is InChI=1S/C13H19NS/c1-11-6-2-3-8-13(11)15-10-12-7-4-5-9-14-12/h2-3,6,8,12,14H,4-5,7,9-10H2,1H3. The highest BCUT2D eigenvalue weighted by molar-refractivity contribution is 7.99. The zero-order chi connectivity index (χ0) is 10.5. The van der Waals surface area contributed by atoms with Crippen molar-refractivity contribution in [1.82, 2.24) is 5.32 Å². The topological polar surface area (TPSA) is 12.0 Å². The molecular weight excluding hydrogens is 202 g/mol. The van der Waals surface area contributed by atoms with Gasteiger partial charge in [-0.3, -0.25) is 0 Å². The second-order valence-electron chi connectivity index (χ2n) is 4.22. The number of benzene rings is 1. The van der Waals surface area contributed by atoms with Crippen LogP contribution in [0.15, 0.2) is 29.2 Å². The number of hydrogen-bond donors (Lipinski definition) is 1. The minimum atomic E-state index is 0.725. The first kappa shape index (κ1) is 11.0. The molecule has 1 unspecified atom stereocenters. The third-order valence-electron chi connectivity index (χ3n) is 2.95. The van der Waals surface area contributed by atoms with Gasteiger partial charge in [-0.25, -0.2) is 0 Å². The van der Waals surface area contributed by atoms with Gasteiger partial charge in [0.25, 0.3) is 0 Å². The molecule has 2 rings (SSSR count). The third kappa shape index (κ3) is 3.25. The summed E-state index contributed by atoms with van der Waals surface area (Å²) in [5.41, 5.74) is 1.40. The average Bonchev–Trinajstić information content (AvgIpc) is 2.29. The van der Waals surface area contributed by atoms with E-state index in [2.05, 4.69) is 36.5 Å². The summed E-state index contributed by atoms with van der Waals surface area (Å²) in [4.78, 5) is 1.44. The van der Waals surface area contributed by atoms with E-state index in [0.717, 1.165) is 6.04 Å². The zero-order valence-corrected chi connectivity index (χ0v) is 10.1. The molecule has 0 spiro atoms. The van der Waals surface area contributed by atoms with Gasteiger partial charge in [0, 0.05) is 16.7 Å². The molecule has 1 heterocycles. The first-order valence-electron chi connectivity index (χ1n) is 5.78. The van der Waals surface area contributed by atoms with Crippen molar-refractivity contribution in [3.05, 3.63) is 29.8 Å². The number of nitrogens with one attached hydrogen (secondary N) is 1. The van der Waals surface area contributed by atoms with Gasteiger partial charge in [0.15, 0.2) is 0 Å². The molecule has 0 aliphatic carbocycles. The molecule has 1 saturated heterocycles. The van der Waals surface area contributed by atoms with Gasteiger partial charge >= 0.3 is 0 Å². The van der Waals surface area contributed by atoms with Crippen LogP contribution in [0.2, 0.25) is 0 Å². The van der Waals surface area contributed by atoms with Crippen LogP contribution in [-0.4, -0.2) is 18.3 Å². The van der Waals surface area contributed by atoms with E-state index >= 15 is 0 Å². The Hall–Kier alpha value is -0.470. The van der Waals surface area contributed by atoms with Crippen LogP contribution in [0.25, 0.3) is 0 Å². The van der Waals surface area contributed by atoms with Crippen molar-refractivity contribution >= 4 is 11.8 Å². The second kappa shape index (κ2) is 5.57. The van der Waals surface area contributed by atoms with Crippen LogP contribution in [0.1, 0.15) is 24.8 Å². The summed E-state index contributed by atoms with van der Waals surface area (Å²) in [5, 5.41) is 3.59. The molecular formula is C13H19NS. The monoisotopic (exact) mass is 221 g/mol. The summed E-state index contributed by atoms with van der Waals surface area (Å²) in [6, 6.07) is 9.38. The molecule has 1 nitrogen and oxygen atoms in total. The molecule has 2 heteroatoms. The zero-order valence-electron chi connectivity index (χ0n) is 9.33. The van der Waals surface area contributed by atoms with Gasteiger partial charge in [-0.1, -0.05) is 24.6 Å². The Bertz CT molecular complexity index is 305. The van der Waals surface area contributed by atoms with Crippen molar-refractivity contribution in [3.63, 3.8) is 0 Å². The molecule has 1 N–H and O–H groups in total. The first-order chi connectivity index (χ1) is 7.36. The van der Waals surface area contributed by atoms with Crippen LogP contribution >= 0.6 is 11.8 Å². The lowest BCUT2D eigenvalue weighted by atomic mass is 10.1. The smallest absolute Gasteiger partial charge is 0.0161 e. The van der Waals surface area contributed by atoms with Crippen LogP contribution < -0.4 is 5.32 Å². The predicted octanol–water partition coefficient (Wildman–Crippen LogP) is 3.23. The van der Waals surface area contributed by atoms with Crippen molar-refractivity contribution in [1.29, 1.82) is 0 Å². The summed E-state index contributed by atoms with van der Waals surface area (Å²) in [6.07, 6.45) is 4.09. The van der Waals surface area contributed by atoms with Gasteiger partial charge in [-0.2, -0.15) is 0 Å². The van der Waals surface area contributed by atoms with Crippen LogP contribution in [0, 0.1) is 6.92 Å². The molecule has 1 aromatic carbocycles. The van der Waals surface area contributed by atoms with Gasteiger partial charge in [-0.05, 0) is 37.9 Å². The highest BCUT2D eigenvalue weighted by atomic mass is 32.2. The fourth-order valence-corrected chi connectivity index (χ4v) is 3.11. The molecule has 0 radical (unpaired) electrons. The largest absolute Gasteiger partial charge is 0.313 e. The average molecular weight is 221 g/mol. The van der Waals surface area contributed by atoms with Gasteiger partial charge < -0.3 is 5.32 Å². The van der Waals surface area contributed by atoms with Crippen LogP contribution in [0.3, 0.4) is 0 Å². The van der Waals surface area contributed by atoms with E-state index in [-0.39, 0.29) is 0 Å². The number of rotatable bonds is 3. The van der Waals surface area contributed by atoms with E-state index in [1.54, 1.807) is 0 Å². The van der Waals surface area contributed by atoms with Crippen LogP contribution in [0.5, 0.6) is 0 Å². The molecule has 1 aliphatic heterocycles. The Balaban J connectivity index is 1.84. The lowest BCUT2D eigenvalue weighted by Gasteiger charge is -2.23. The number of hydrogen-bond acceptors (Lipinski definition) is 2. The van der Waals surface area contributed by atoms with E-state index in [1.807, 2.05) is 11.8 Å². The van der Waals surface area contributed by atoms with E-state index in [9.17, 15) is 0 Å². The summed E-state index contributed by atoms with van der Waals surface area (Å²) in [7, 11) is 0. The van der Waals surface area contributed by atoms with E-state index in [1.165, 1.54) is 42.0 Å². The van der Waals surface area contributed by atoms with Crippen LogP contribution in [0.4, 0.5) is 0 Å². The summed E-state index contributed by atoms with van der Waals surface area (Å²) >= 11 is 1.99. The van der Waals surface area contributed by atoms with Gasteiger partial charge in [-0.15, -0.1) is 11.8 Å². The highest BCUT2D eigenvalue weighted by Gasteiger charge is 2.12. The SMILES string of the molecule is Cc1ccccc1SCC1CCCCN1. The molecule has 0 aromatic heterocycles. The Morgan fingerprint density at radius 3 is 2.93 bits per heavy atom. The predicted molar refractivity (Wildman–Crippen MR) is 67.5 cm³/mol. The quantitative estimate of drug-likeness (QED) is 0.787. The normalized spacial score (nSPS) is 21.5. The molecule has 1 fully saturated rings. The van der Waals surface area contributed by atoms with Crippen molar-refractivity contribution < 1.29 is 0 Å². The van der Waals surface area contributed by atoms with E-state index < -0.39 is 0 Å². The molecule has 0 saturated carbocycles. The van der Waals surface area contributed by atoms with E-state index in [0.29, 0.717) is 0 Å². The number of aryl methyl sites for hydroxylation is 1. The second-order valence-corrected chi connectivity index (χ2v) is 5.29. The third-order valence-corrected chi connectivity index (χ3v) is 4.28. The Morgan fingerprint density at radius 1 is 1.33 bits per heavy atom. The molecule has 0 bridgehead atoms. The maximum Gasteiger partial charge on any atom is 0.0161 e. The molecule has 0 amide bonds. The molecule has 15 heavy (non-hydrogen) atoms. The Labute approximate surface area is 96.7 Å². The maximum atomic E-state index is 3.59. The fourth-order valence-electron chi connectivity index (χ4n) is 1.97. The Kier molecular flexibility index (Phi) is 4.09. The number of piperidine rings is 1. The highest BCUT2D eigenvalue weighted by Crippen LogP contribution is 2.24. The molecule has 1 aliphatic rings. The summed E-state index contributed by atoms with van der Waals surface area (Å²) in [5.74, 6) is 1.21. The van der Waals surface area contributed by atoms with Crippen molar-refractivity contribution in [2.45, 2.75) is 37.1 Å². The van der Waals surface area contributed by atoms with E-state index in [4.69, 9.17) is 0 Å². The summed E-state index contributed by atoms with van der Waals surface area (Å²) < 4.78 is 0.